The topological polar surface area (TPSA) is 90.9 Å². The van der Waals surface area contributed by atoms with Crippen molar-refractivity contribution in [2.24, 2.45) is 5.92 Å². The molecule has 0 aromatic heterocycles. The van der Waals surface area contributed by atoms with Crippen molar-refractivity contribution in [3.63, 3.8) is 0 Å². The van der Waals surface area contributed by atoms with Gasteiger partial charge in [-0.3, -0.25) is 0 Å². The number of ether oxygens (including phenoxy) is 1. The molecule has 0 saturated carbocycles. The molecular formula is C24H41N3O4. The van der Waals surface area contributed by atoms with Gasteiger partial charge in [0.05, 0.1) is 12.1 Å². The number of carbonyl (C=O) groups is 2. The van der Waals surface area contributed by atoms with Crippen molar-refractivity contribution in [2.75, 3.05) is 13.1 Å². The Labute approximate surface area is 187 Å². The normalized spacial score (nSPS) is 14.0. The summed E-state index contributed by atoms with van der Waals surface area (Å²) in [6.07, 6.45) is -1.18. The lowest BCUT2D eigenvalue weighted by Gasteiger charge is -2.37. The maximum absolute atomic E-state index is 12.8. The number of urea groups is 1. The van der Waals surface area contributed by atoms with Crippen LogP contribution in [0.4, 0.5) is 9.59 Å². The number of nitrogens with zero attached hydrogens (tertiary/aromatic N) is 1. The molecule has 176 valence electrons. The highest BCUT2D eigenvalue weighted by Crippen LogP contribution is 2.16. The third-order valence-electron chi connectivity index (χ3n) is 4.53. The largest absolute Gasteiger partial charge is 0.444 e. The predicted octanol–water partition coefficient (Wildman–Crippen LogP) is 3.95. The van der Waals surface area contributed by atoms with Crippen LogP contribution in [0.25, 0.3) is 0 Å². The van der Waals surface area contributed by atoms with Gasteiger partial charge in [0, 0.05) is 18.6 Å². The summed E-state index contributed by atoms with van der Waals surface area (Å²) in [7, 11) is 0. The Balaban J connectivity index is 2.86. The van der Waals surface area contributed by atoms with Gasteiger partial charge in [0.25, 0.3) is 0 Å². The minimum absolute atomic E-state index is 0.0107. The fourth-order valence-electron chi connectivity index (χ4n) is 3.07. The molecule has 0 radical (unpaired) electrons. The number of nitrogens with one attached hydrogen (secondary N) is 2. The lowest BCUT2D eigenvalue weighted by Crippen LogP contribution is -2.55. The summed E-state index contributed by atoms with van der Waals surface area (Å²) in [5.41, 5.74) is -0.0349. The van der Waals surface area contributed by atoms with E-state index in [1.807, 2.05) is 51.1 Å². The maximum atomic E-state index is 12.8. The number of hydrogen-bond acceptors (Lipinski definition) is 4. The van der Waals surface area contributed by atoms with Gasteiger partial charge in [-0.15, -0.1) is 0 Å². The zero-order valence-electron chi connectivity index (χ0n) is 20.4. The molecule has 0 heterocycles. The molecule has 3 N–H and O–H groups in total. The van der Waals surface area contributed by atoms with Gasteiger partial charge in [-0.2, -0.15) is 0 Å². The Morgan fingerprint density at radius 2 is 1.65 bits per heavy atom. The average molecular weight is 436 g/mol. The third-order valence-corrected chi connectivity index (χ3v) is 4.53. The van der Waals surface area contributed by atoms with Crippen LogP contribution >= 0.6 is 0 Å². The van der Waals surface area contributed by atoms with Crippen LogP contribution in [0.3, 0.4) is 0 Å². The quantitative estimate of drug-likeness (QED) is 0.577. The zero-order chi connectivity index (χ0) is 23.8. The first kappa shape index (κ1) is 26.8. The monoisotopic (exact) mass is 435 g/mol. The average Bonchev–Trinajstić information content (AvgIpc) is 2.61. The fourth-order valence-corrected chi connectivity index (χ4v) is 3.07. The SMILES string of the molecule is CC(C)CN(C(=O)NC[C@@H](O)[C@H](Cc1ccccc1)NC(=O)OC(C)(C)C)C(C)(C)C. The number of aliphatic hydroxyl groups excluding tert-OH is 1. The molecule has 0 unspecified atom stereocenters. The number of benzene rings is 1. The second-order valence-electron chi connectivity index (χ2n) is 10.4. The number of aliphatic hydroxyl groups is 1. The number of amides is 3. The van der Waals surface area contributed by atoms with Gasteiger partial charge in [-0.25, -0.2) is 9.59 Å². The summed E-state index contributed by atoms with van der Waals surface area (Å²) >= 11 is 0. The molecule has 0 bridgehead atoms. The van der Waals surface area contributed by atoms with E-state index in [0.29, 0.717) is 18.9 Å². The number of carbonyl (C=O) groups excluding carboxylic acids is 2. The molecule has 31 heavy (non-hydrogen) atoms. The van der Waals surface area contributed by atoms with Gasteiger partial charge in [0.15, 0.2) is 0 Å². The Kier molecular flexibility index (Phi) is 9.81. The Bertz CT molecular complexity index is 693. The molecule has 1 rings (SSSR count). The van der Waals surface area contributed by atoms with Crippen LogP contribution in [-0.4, -0.2) is 58.5 Å². The highest BCUT2D eigenvalue weighted by atomic mass is 16.6. The van der Waals surface area contributed by atoms with Gasteiger partial charge < -0.3 is 25.4 Å². The van der Waals surface area contributed by atoms with Crippen LogP contribution in [0.2, 0.25) is 0 Å². The van der Waals surface area contributed by atoms with Crippen LogP contribution < -0.4 is 10.6 Å². The molecule has 2 atom stereocenters. The molecule has 0 saturated heterocycles. The third kappa shape index (κ3) is 10.5. The lowest BCUT2D eigenvalue weighted by atomic mass is 10.0. The summed E-state index contributed by atoms with van der Waals surface area (Å²) in [6, 6.07) is 8.72. The second kappa shape index (κ2) is 11.4. The highest BCUT2D eigenvalue weighted by molar-refractivity contribution is 5.75. The van der Waals surface area contributed by atoms with E-state index in [-0.39, 0.29) is 18.1 Å². The summed E-state index contributed by atoms with van der Waals surface area (Å²) < 4.78 is 5.35. The molecule has 7 nitrogen and oxygen atoms in total. The molecule has 0 fully saturated rings. The van der Waals surface area contributed by atoms with Gasteiger partial charge in [-0.1, -0.05) is 44.2 Å². The van der Waals surface area contributed by atoms with E-state index in [2.05, 4.69) is 24.5 Å². The number of rotatable bonds is 8. The minimum atomic E-state index is -0.988. The Hall–Kier alpha value is -2.28. The van der Waals surface area contributed by atoms with E-state index in [9.17, 15) is 14.7 Å². The Morgan fingerprint density at radius 3 is 2.13 bits per heavy atom. The summed E-state index contributed by atoms with van der Waals surface area (Å²) in [5.74, 6) is 0.314. The van der Waals surface area contributed by atoms with E-state index in [4.69, 9.17) is 4.74 Å². The zero-order valence-corrected chi connectivity index (χ0v) is 20.4. The first-order valence-electron chi connectivity index (χ1n) is 11.0. The molecule has 0 aliphatic carbocycles. The Morgan fingerprint density at radius 1 is 1.06 bits per heavy atom. The van der Waals surface area contributed by atoms with E-state index < -0.39 is 23.8 Å². The van der Waals surface area contributed by atoms with Crippen LogP contribution in [0.5, 0.6) is 0 Å². The van der Waals surface area contributed by atoms with Crippen molar-refractivity contribution < 1.29 is 19.4 Å². The predicted molar refractivity (Wildman–Crippen MR) is 124 cm³/mol. The molecule has 3 amide bonds. The van der Waals surface area contributed by atoms with E-state index in [1.165, 1.54) is 0 Å². The number of alkyl carbamates (subject to hydrolysis) is 1. The second-order valence-corrected chi connectivity index (χ2v) is 10.4. The fraction of sp³-hybridized carbons (Fsp3) is 0.667. The minimum Gasteiger partial charge on any atom is -0.444 e. The van der Waals surface area contributed by atoms with Crippen molar-refractivity contribution in [3.8, 4) is 0 Å². The lowest BCUT2D eigenvalue weighted by molar-refractivity contribution is 0.0422. The molecule has 0 aliphatic heterocycles. The summed E-state index contributed by atoms with van der Waals surface area (Å²) in [4.78, 5) is 26.9. The molecule has 7 heteroatoms. The number of hydrogen-bond donors (Lipinski definition) is 3. The van der Waals surface area contributed by atoms with Crippen molar-refractivity contribution in [1.82, 2.24) is 15.5 Å². The summed E-state index contributed by atoms with van der Waals surface area (Å²) in [6.45, 7) is 16.0. The van der Waals surface area contributed by atoms with Crippen LogP contribution in [0, 0.1) is 5.92 Å². The van der Waals surface area contributed by atoms with Crippen molar-refractivity contribution in [1.29, 1.82) is 0 Å². The molecule has 1 aromatic rings. The van der Waals surface area contributed by atoms with Crippen LogP contribution in [0.15, 0.2) is 30.3 Å². The first-order chi connectivity index (χ1) is 14.2. The molecule has 0 spiro atoms. The van der Waals surface area contributed by atoms with Gasteiger partial charge in [0.2, 0.25) is 0 Å². The standard InChI is InChI=1S/C24H41N3O4/c1-17(2)16-27(23(3,4)5)21(29)25-15-20(28)19(14-18-12-10-9-11-13-18)26-22(30)31-24(6,7)8/h9-13,17,19-20,28H,14-16H2,1-8H3,(H,25,29)(H,26,30)/t19-,20+/m0/s1. The van der Waals surface area contributed by atoms with Gasteiger partial charge in [0.1, 0.15) is 5.60 Å². The maximum Gasteiger partial charge on any atom is 0.407 e. The molecular weight excluding hydrogens is 394 g/mol. The van der Waals surface area contributed by atoms with Gasteiger partial charge in [-0.05, 0) is 59.4 Å². The first-order valence-corrected chi connectivity index (χ1v) is 11.0. The van der Waals surface area contributed by atoms with Crippen molar-refractivity contribution in [3.05, 3.63) is 35.9 Å². The van der Waals surface area contributed by atoms with Crippen LogP contribution in [-0.2, 0) is 11.2 Å². The van der Waals surface area contributed by atoms with Crippen molar-refractivity contribution in [2.45, 2.75) is 85.1 Å². The van der Waals surface area contributed by atoms with E-state index in [0.717, 1.165) is 5.56 Å². The molecule has 0 aliphatic rings. The highest BCUT2D eigenvalue weighted by Gasteiger charge is 2.29. The summed E-state index contributed by atoms with van der Waals surface area (Å²) in [5, 5.41) is 16.4. The van der Waals surface area contributed by atoms with E-state index >= 15 is 0 Å². The van der Waals surface area contributed by atoms with Gasteiger partial charge >= 0.3 is 12.1 Å². The van der Waals surface area contributed by atoms with E-state index in [1.54, 1.807) is 25.7 Å². The molecule has 1 aromatic carbocycles. The smallest absolute Gasteiger partial charge is 0.407 e. The van der Waals surface area contributed by atoms with Crippen molar-refractivity contribution >= 4 is 12.1 Å². The van der Waals surface area contributed by atoms with Crippen LogP contribution in [0.1, 0.15) is 61.0 Å².